The van der Waals surface area contributed by atoms with Crippen LogP contribution in [0.25, 0.3) is 0 Å². The maximum absolute atomic E-state index is 12.4. The van der Waals surface area contributed by atoms with Gasteiger partial charge in [-0.05, 0) is 44.2 Å². The number of anilines is 2. The van der Waals surface area contributed by atoms with Crippen molar-refractivity contribution in [2.45, 2.75) is 26.4 Å². The molecule has 1 aliphatic rings. The van der Waals surface area contributed by atoms with Crippen molar-refractivity contribution >= 4 is 40.8 Å². The number of benzene rings is 2. The van der Waals surface area contributed by atoms with Crippen LogP contribution in [0, 0.1) is 16.0 Å². The van der Waals surface area contributed by atoms with Crippen LogP contribution >= 0.6 is 0 Å². The van der Waals surface area contributed by atoms with Crippen LogP contribution < -0.4 is 10.2 Å². The first-order chi connectivity index (χ1) is 16.1. The van der Waals surface area contributed by atoms with E-state index < -0.39 is 35.3 Å². The lowest BCUT2D eigenvalue weighted by molar-refractivity contribution is -0.384. The molecule has 11 nitrogen and oxygen atoms in total. The second-order valence-electron chi connectivity index (χ2n) is 7.87. The number of carbonyl (C=O) groups excluding carboxylic acids is 4. The molecular formula is C23H23N3O8. The minimum absolute atomic E-state index is 0.0694. The Kier molecular flexibility index (Phi) is 7.57. The largest absolute Gasteiger partial charge is 0.459 e. The Balaban J connectivity index is 1.52. The molecule has 0 bridgehead atoms. The molecule has 0 radical (unpaired) electrons. The monoisotopic (exact) mass is 469 g/mol. The number of nitro benzene ring substituents is 1. The van der Waals surface area contributed by atoms with Crippen LogP contribution in [0.2, 0.25) is 0 Å². The number of nitrogens with zero attached hydrogens (tertiary/aromatic N) is 2. The molecule has 0 saturated carbocycles. The van der Waals surface area contributed by atoms with Crippen molar-refractivity contribution in [2.75, 3.05) is 23.4 Å². The van der Waals surface area contributed by atoms with E-state index in [-0.39, 0.29) is 36.4 Å². The molecule has 178 valence electrons. The van der Waals surface area contributed by atoms with E-state index in [0.717, 1.165) is 0 Å². The molecule has 34 heavy (non-hydrogen) atoms. The first-order valence-electron chi connectivity index (χ1n) is 10.5. The van der Waals surface area contributed by atoms with E-state index in [9.17, 15) is 29.3 Å². The average molecular weight is 469 g/mol. The minimum atomic E-state index is -0.760. The lowest BCUT2D eigenvalue weighted by atomic mass is 10.1. The number of amides is 2. The summed E-state index contributed by atoms with van der Waals surface area (Å²) in [4.78, 5) is 60.4. The smallest absolute Gasteiger partial charge is 0.338 e. The fourth-order valence-corrected chi connectivity index (χ4v) is 3.32. The summed E-state index contributed by atoms with van der Waals surface area (Å²) in [7, 11) is 0. The van der Waals surface area contributed by atoms with Crippen LogP contribution in [-0.2, 0) is 23.9 Å². The number of rotatable bonds is 8. The van der Waals surface area contributed by atoms with Crippen LogP contribution in [0.5, 0.6) is 0 Å². The molecule has 1 heterocycles. The van der Waals surface area contributed by atoms with Gasteiger partial charge in [0.2, 0.25) is 5.91 Å². The van der Waals surface area contributed by atoms with Gasteiger partial charge in [0, 0.05) is 36.5 Å². The normalized spacial score (nSPS) is 15.2. The predicted octanol–water partition coefficient (Wildman–Crippen LogP) is 2.69. The molecule has 1 aliphatic heterocycles. The maximum atomic E-state index is 12.4. The van der Waals surface area contributed by atoms with Gasteiger partial charge in [0.1, 0.15) is 0 Å². The highest BCUT2D eigenvalue weighted by molar-refractivity contribution is 6.00. The first kappa shape index (κ1) is 24.4. The van der Waals surface area contributed by atoms with E-state index in [2.05, 4.69) is 5.32 Å². The SMILES string of the molecule is CC(C)OC(=O)c1ccc(N2C[C@@H](C(=O)OCC(=O)Nc3cccc([N+](=O)[O-])c3)CC2=O)cc1. The van der Waals surface area contributed by atoms with Crippen molar-refractivity contribution in [1.82, 2.24) is 0 Å². The topological polar surface area (TPSA) is 145 Å². The Hall–Kier alpha value is -4.28. The lowest BCUT2D eigenvalue weighted by Crippen LogP contribution is -2.28. The van der Waals surface area contributed by atoms with Gasteiger partial charge in [0.05, 0.1) is 22.5 Å². The van der Waals surface area contributed by atoms with Crippen LogP contribution in [-0.4, -0.2) is 47.9 Å². The van der Waals surface area contributed by atoms with E-state index >= 15 is 0 Å². The molecule has 2 aromatic rings. The molecule has 2 aromatic carbocycles. The highest BCUT2D eigenvalue weighted by Crippen LogP contribution is 2.26. The molecule has 2 amide bonds. The molecule has 0 aromatic heterocycles. The fourth-order valence-electron chi connectivity index (χ4n) is 3.32. The zero-order valence-electron chi connectivity index (χ0n) is 18.6. The summed E-state index contributed by atoms with van der Waals surface area (Å²) in [6, 6.07) is 11.6. The number of ether oxygens (including phenoxy) is 2. The third-order valence-corrected chi connectivity index (χ3v) is 4.90. The standard InChI is InChI=1S/C23H23N3O8/c1-14(2)34-23(30)15-6-8-18(9-7-15)25-12-16(10-21(25)28)22(29)33-13-20(27)24-17-4-3-5-19(11-17)26(31)32/h3-9,11,14,16H,10,12-13H2,1-2H3,(H,24,27)/t16-/m0/s1. The Bertz CT molecular complexity index is 1110. The van der Waals surface area contributed by atoms with Crippen LogP contribution in [0.4, 0.5) is 17.1 Å². The number of hydrogen-bond acceptors (Lipinski definition) is 8. The number of carbonyl (C=O) groups is 4. The minimum Gasteiger partial charge on any atom is -0.459 e. The third kappa shape index (κ3) is 6.15. The van der Waals surface area contributed by atoms with Crippen molar-refractivity contribution in [2.24, 2.45) is 5.92 Å². The first-order valence-corrected chi connectivity index (χ1v) is 10.5. The molecule has 0 aliphatic carbocycles. The predicted molar refractivity (Wildman–Crippen MR) is 120 cm³/mol. The zero-order valence-corrected chi connectivity index (χ0v) is 18.6. The molecule has 1 fully saturated rings. The molecule has 11 heteroatoms. The van der Waals surface area contributed by atoms with E-state index in [1.807, 2.05) is 0 Å². The summed E-state index contributed by atoms with van der Waals surface area (Å²) in [5.74, 6) is -2.90. The quantitative estimate of drug-likeness (QED) is 0.353. The van der Waals surface area contributed by atoms with Crippen LogP contribution in [0.1, 0.15) is 30.6 Å². The molecule has 1 saturated heterocycles. The van der Waals surface area contributed by atoms with Gasteiger partial charge in [-0.25, -0.2) is 4.79 Å². The molecular weight excluding hydrogens is 446 g/mol. The van der Waals surface area contributed by atoms with E-state index in [4.69, 9.17) is 9.47 Å². The van der Waals surface area contributed by atoms with Crippen molar-refractivity contribution in [3.8, 4) is 0 Å². The third-order valence-electron chi connectivity index (χ3n) is 4.90. The average Bonchev–Trinajstić information content (AvgIpc) is 3.19. The zero-order chi connectivity index (χ0) is 24.8. The lowest BCUT2D eigenvalue weighted by Gasteiger charge is -2.17. The number of hydrogen-bond donors (Lipinski definition) is 1. The summed E-state index contributed by atoms with van der Waals surface area (Å²) < 4.78 is 10.2. The highest BCUT2D eigenvalue weighted by Gasteiger charge is 2.36. The Morgan fingerprint density at radius 1 is 1.18 bits per heavy atom. The van der Waals surface area contributed by atoms with Gasteiger partial charge in [-0.1, -0.05) is 6.07 Å². The van der Waals surface area contributed by atoms with Gasteiger partial charge in [0.15, 0.2) is 6.61 Å². The van der Waals surface area contributed by atoms with Gasteiger partial charge in [-0.15, -0.1) is 0 Å². The molecule has 3 rings (SSSR count). The van der Waals surface area contributed by atoms with E-state index in [1.165, 1.54) is 41.3 Å². The van der Waals surface area contributed by atoms with Crippen molar-refractivity contribution < 1.29 is 33.6 Å². The van der Waals surface area contributed by atoms with Crippen LogP contribution in [0.15, 0.2) is 48.5 Å². The van der Waals surface area contributed by atoms with E-state index in [1.54, 1.807) is 26.0 Å². The molecule has 1 N–H and O–H groups in total. The van der Waals surface area contributed by atoms with Crippen LogP contribution in [0.3, 0.4) is 0 Å². The van der Waals surface area contributed by atoms with Gasteiger partial charge in [-0.3, -0.25) is 24.5 Å². The van der Waals surface area contributed by atoms with Gasteiger partial charge in [0.25, 0.3) is 11.6 Å². The molecule has 1 atom stereocenters. The summed E-state index contributed by atoms with van der Waals surface area (Å²) in [5, 5.41) is 13.2. The van der Waals surface area contributed by atoms with Crippen molar-refractivity contribution in [1.29, 1.82) is 0 Å². The summed E-state index contributed by atoms with van der Waals surface area (Å²) >= 11 is 0. The molecule has 0 spiro atoms. The van der Waals surface area contributed by atoms with Gasteiger partial charge >= 0.3 is 11.9 Å². The van der Waals surface area contributed by atoms with Gasteiger partial charge in [-0.2, -0.15) is 0 Å². The summed E-state index contributed by atoms with van der Waals surface area (Å²) in [5.41, 5.74) is 0.863. The highest BCUT2D eigenvalue weighted by atomic mass is 16.6. The fraction of sp³-hybridized carbons (Fsp3) is 0.304. The number of nitro groups is 1. The maximum Gasteiger partial charge on any atom is 0.338 e. The van der Waals surface area contributed by atoms with E-state index in [0.29, 0.717) is 11.3 Å². The van der Waals surface area contributed by atoms with Crippen molar-refractivity contribution in [3.05, 3.63) is 64.2 Å². The Morgan fingerprint density at radius 2 is 1.88 bits per heavy atom. The second-order valence-corrected chi connectivity index (χ2v) is 7.87. The van der Waals surface area contributed by atoms with Gasteiger partial charge < -0.3 is 19.7 Å². The Morgan fingerprint density at radius 3 is 2.53 bits per heavy atom. The number of non-ortho nitro benzene ring substituents is 1. The number of nitrogens with one attached hydrogen (secondary N) is 1. The summed E-state index contributed by atoms with van der Waals surface area (Å²) in [6.45, 7) is 2.95. The second kappa shape index (κ2) is 10.6. The molecule has 0 unspecified atom stereocenters. The van der Waals surface area contributed by atoms with Crippen molar-refractivity contribution in [3.63, 3.8) is 0 Å². The number of esters is 2. The summed E-state index contributed by atoms with van der Waals surface area (Å²) in [6.07, 6.45) is -0.338. The Labute approximate surface area is 194 Å².